The number of alkyl halides is 3. The van der Waals surface area contributed by atoms with E-state index in [0.717, 1.165) is 22.0 Å². The van der Waals surface area contributed by atoms with Gasteiger partial charge in [0, 0.05) is 17.6 Å². The molecule has 8 heteroatoms. The number of halogens is 3. The summed E-state index contributed by atoms with van der Waals surface area (Å²) in [6, 6.07) is 6.06. The van der Waals surface area contributed by atoms with Crippen molar-refractivity contribution < 1.29 is 13.2 Å². The minimum absolute atomic E-state index is 0.323. The van der Waals surface area contributed by atoms with Crippen molar-refractivity contribution in [1.82, 2.24) is 20.1 Å². The fraction of sp³-hybridized carbons (Fsp3) is 0.333. The third-order valence-corrected chi connectivity index (χ3v) is 4.96. The minimum atomic E-state index is -4.31. The minimum Gasteiger partial charge on any atom is -0.397 e. The molecule has 1 aliphatic heterocycles. The largest absolute Gasteiger partial charge is 0.401 e. The van der Waals surface area contributed by atoms with Crippen LogP contribution in [-0.4, -0.2) is 38.8 Å². The van der Waals surface area contributed by atoms with E-state index in [0.29, 0.717) is 17.8 Å². The number of nitrogen functional groups attached to an aromatic ring is 1. The average molecular weight is 361 g/mol. The van der Waals surface area contributed by atoms with E-state index < -0.39 is 18.8 Å². The van der Waals surface area contributed by atoms with E-state index in [9.17, 15) is 13.2 Å². The predicted molar refractivity (Wildman–Crippen MR) is 92.5 cm³/mol. The molecule has 0 bridgehead atoms. The number of rotatable bonds is 2. The van der Waals surface area contributed by atoms with Gasteiger partial charge in [-0.2, -0.15) is 18.3 Å². The Bertz CT molecular complexity index is 949. The van der Waals surface area contributed by atoms with Crippen LogP contribution < -0.4 is 5.73 Å². The van der Waals surface area contributed by atoms with Crippen LogP contribution in [0.15, 0.2) is 36.7 Å². The molecule has 136 valence electrons. The number of fused-ring (bicyclic) bond motifs is 3. The maximum absolute atomic E-state index is 13.3. The second kappa shape index (κ2) is 5.98. The van der Waals surface area contributed by atoms with Gasteiger partial charge in [-0.25, -0.2) is 0 Å². The van der Waals surface area contributed by atoms with Gasteiger partial charge in [-0.3, -0.25) is 15.0 Å². The van der Waals surface area contributed by atoms with Gasteiger partial charge in [0.05, 0.1) is 35.7 Å². The van der Waals surface area contributed by atoms with E-state index in [1.807, 2.05) is 12.1 Å². The van der Waals surface area contributed by atoms with Crippen LogP contribution in [0.25, 0.3) is 10.9 Å². The third kappa shape index (κ3) is 2.80. The van der Waals surface area contributed by atoms with Crippen molar-refractivity contribution in [2.45, 2.75) is 31.6 Å². The number of nitrogens with one attached hydrogen (secondary N) is 1. The zero-order chi connectivity index (χ0) is 18.5. The van der Waals surface area contributed by atoms with Crippen molar-refractivity contribution in [3.8, 4) is 0 Å². The summed E-state index contributed by atoms with van der Waals surface area (Å²) in [6.07, 6.45) is -0.523. The first kappa shape index (κ1) is 16.8. The molecule has 3 heterocycles. The van der Waals surface area contributed by atoms with Crippen LogP contribution in [0.2, 0.25) is 0 Å². The summed E-state index contributed by atoms with van der Waals surface area (Å²) in [4.78, 5) is 5.76. The Hall–Kier alpha value is -2.61. The van der Waals surface area contributed by atoms with Crippen LogP contribution in [0, 0.1) is 0 Å². The standard InChI is InChI=1S/C18H18F3N5/c1-10-7-12-11(4-5-15-13(12)8-24-25-15)17(26(10)9-18(19,20)21)16-14(22)3-2-6-23-16/h2-6,8,10,17H,7,9,22H2,1H3,(H,24,25)/t10-,17+/m1/s1. The molecule has 1 aromatic carbocycles. The molecule has 26 heavy (non-hydrogen) atoms. The predicted octanol–water partition coefficient (Wildman–Crippen LogP) is 3.44. The lowest BCUT2D eigenvalue weighted by Crippen LogP contribution is -2.47. The van der Waals surface area contributed by atoms with Gasteiger partial charge in [0.25, 0.3) is 0 Å². The molecule has 0 amide bonds. The molecule has 1 aliphatic rings. The average Bonchev–Trinajstić information content (AvgIpc) is 3.04. The normalized spacial score (nSPS) is 21.1. The van der Waals surface area contributed by atoms with E-state index in [4.69, 9.17) is 5.73 Å². The first-order chi connectivity index (χ1) is 12.3. The molecule has 2 aromatic heterocycles. The second-order valence-electron chi connectivity index (χ2n) is 6.69. The fourth-order valence-corrected chi connectivity index (χ4v) is 3.84. The van der Waals surface area contributed by atoms with Crippen molar-refractivity contribution in [3.05, 3.63) is 53.5 Å². The van der Waals surface area contributed by atoms with Gasteiger partial charge in [-0.1, -0.05) is 6.07 Å². The fourth-order valence-electron chi connectivity index (χ4n) is 3.84. The van der Waals surface area contributed by atoms with Crippen LogP contribution in [0.4, 0.5) is 18.9 Å². The van der Waals surface area contributed by atoms with E-state index in [-0.39, 0.29) is 6.04 Å². The highest BCUT2D eigenvalue weighted by molar-refractivity contribution is 5.83. The number of benzene rings is 1. The summed E-state index contributed by atoms with van der Waals surface area (Å²) in [5.74, 6) is 0. The lowest BCUT2D eigenvalue weighted by molar-refractivity contribution is -0.155. The van der Waals surface area contributed by atoms with Crippen LogP contribution in [-0.2, 0) is 6.42 Å². The van der Waals surface area contributed by atoms with Gasteiger partial charge in [0.1, 0.15) is 0 Å². The van der Waals surface area contributed by atoms with Crippen molar-refractivity contribution in [1.29, 1.82) is 0 Å². The molecule has 0 aliphatic carbocycles. The Morgan fingerprint density at radius 1 is 1.31 bits per heavy atom. The number of nitrogens with zero attached hydrogens (tertiary/aromatic N) is 3. The van der Waals surface area contributed by atoms with Gasteiger partial charge in [-0.15, -0.1) is 0 Å². The van der Waals surface area contributed by atoms with E-state index >= 15 is 0 Å². The van der Waals surface area contributed by atoms with Crippen LogP contribution in [0.5, 0.6) is 0 Å². The Balaban J connectivity index is 1.93. The molecular weight excluding hydrogens is 343 g/mol. The summed E-state index contributed by atoms with van der Waals surface area (Å²) in [6.45, 7) is 0.789. The number of anilines is 1. The van der Waals surface area contributed by atoms with Crippen LogP contribution in [0.1, 0.15) is 29.8 Å². The lowest BCUT2D eigenvalue weighted by atomic mass is 9.84. The molecular formula is C18H18F3N5. The lowest BCUT2D eigenvalue weighted by Gasteiger charge is -2.42. The molecule has 3 N–H and O–H groups in total. The highest BCUT2D eigenvalue weighted by atomic mass is 19.4. The van der Waals surface area contributed by atoms with Crippen LogP contribution >= 0.6 is 0 Å². The molecule has 0 radical (unpaired) electrons. The zero-order valence-corrected chi connectivity index (χ0v) is 14.1. The second-order valence-corrected chi connectivity index (χ2v) is 6.69. The molecule has 0 fully saturated rings. The summed E-state index contributed by atoms with van der Waals surface area (Å²) >= 11 is 0. The third-order valence-electron chi connectivity index (χ3n) is 4.96. The monoisotopic (exact) mass is 361 g/mol. The van der Waals surface area contributed by atoms with Crippen molar-refractivity contribution in [2.24, 2.45) is 0 Å². The van der Waals surface area contributed by atoms with Gasteiger partial charge >= 0.3 is 6.18 Å². The van der Waals surface area contributed by atoms with Crippen LogP contribution in [0.3, 0.4) is 0 Å². The highest BCUT2D eigenvalue weighted by Crippen LogP contribution is 2.42. The Morgan fingerprint density at radius 3 is 2.85 bits per heavy atom. The van der Waals surface area contributed by atoms with Crippen molar-refractivity contribution in [2.75, 3.05) is 12.3 Å². The number of aromatic amines is 1. The number of pyridine rings is 1. The zero-order valence-electron chi connectivity index (χ0n) is 14.1. The van der Waals surface area contributed by atoms with Gasteiger partial charge < -0.3 is 5.73 Å². The van der Waals surface area contributed by atoms with Crippen molar-refractivity contribution in [3.63, 3.8) is 0 Å². The summed E-state index contributed by atoms with van der Waals surface area (Å²) in [5.41, 5.74) is 9.58. The molecule has 0 spiro atoms. The summed E-state index contributed by atoms with van der Waals surface area (Å²) in [7, 11) is 0. The number of hydrogen-bond acceptors (Lipinski definition) is 4. The Labute approximate surface area is 148 Å². The number of aromatic nitrogens is 3. The maximum Gasteiger partial charge on any atom is 0.401 e. The van der Waals surface area contributed by atoms with E-state index in [2.05, 4.69) is 15.2 Å². The highest BCUT2D eigenvalue weighted by Gasteiger charge is 2.42. The smallest absolute Gasteiger partial charge is 0.397 e. The Kier molecular flexibility index (Phi) is 3.87. The quantitative estimate of drug-likeness (QED) is 0.734. The summed E-state index contributed by atoms with van der Waals surface area (Å²) < 4.78 is 39.8. The van der Waals surface area contributed by atoms with E-state index in [1.165, 1.54) is 4.90 Å². The molecule has 0 saturated carbocycles. The SMILES string of the molecule is C[C@@H]1Cc2c(ccc3[nH]ncc23)[C@@H](c2ncccc2N)N1CC(F)(F)F. The first-order valence-corrected chi connectivity index (χ1v) is 8.33. The number of H-pyrrole nitrogens is 1. The van der Waals surface area contributed by atoms with Gasteiger partial charge in [0.2, 0.25) is 0 Å². The van der Waals surface area contributed by atoms with E-state index in [1.54, 1.807) is 31.5 Å². The summed E-state index contributed by atoms with van der Waals surface area (Å²) in [5, 5.41) is 7.92. The molecule has 5 nitrogen and oxygen atoms in total. The first-order valence-electron chi connectivity index (χ1n) is 8.33. The molecule has 4 rings (SSSR count). The number of nitrogens with two attached hydrogens (primary N) is 1. The number of hydrogen-bond donors (Lipinski definition) is 2. The molecule has 2 atom stereocenters. The van der Waals surface area contributed by atoms with Crippen molar-refractivity contribution >= 4 is 16.6 Å². The van der Waals surface area contributed by atoms with Gasteiger partial charge in [-0.05, 0) is 42.7 Å². The Morgan fingerprint density at radius 2 is 2.12 bits per heavy atom. The molecule has 0 unspecified atom stereocenters. The maximum atomic E-state index is 13.3. The molecule has 0 saturated heterocycles. The topological polar surface area (TPSA) is 70.8 Å². The molecule has 3 aromatic rings. The van der Waals surface area contributed by atoms with Gasteiger partial charge in [0.15, 0.2) is 0 Å².